The number of hydrogen-bond acceptors (Lipinski definition) is 3. The van der Waals surface area contributed by atoms with Crippen LogP contribution in [0.25, 0.3) is 0 Å². The first-order valence-corrected chi connectivity index (χ1v) is 9.41. The van der Waals surface area contributed by atoms with Crippen LogP contribution < -0.4 is 5.32 Å². The van der Waals surface area contributed by atoms with Gasteiger partial charge in [-0.1, -0.05) is 18.6 Å². The Morgan fingerprint density at radius 3 is 2.50 bits per heavy atom. The van der Waals surface area contributed by atoms with Gasteiger partial charge < -0.3 is 15.3 Å². The molecular weight excluding hydrogens is 332 g/mol. The zero-order valence-corrected chi connectivity index (χ0v) is 15.6. The summed E-state index contributed by atoms with van der Waals surface area (Å²) in [6.07, 6.45) is 8.74. The Kier molecular flexibility index (Phi) is 6.62. The maximum absolute atomic E-state index is 12.8. The van der Waals surface area contributed by atoms with Crippen molar-refractivity contribution in [2.75, 3.05) is 13.6 Å². The quantitative estimate of drug-likeness (QED) is 0.461. The minimum absolute atomic E-state index is 0.0123. The summed E-state index contributed by atoms with van der Waals surface area (Å²) in [5, 5.41) is 12.2. The van der Waals surface area contributed by atoms with E-state index in [4.69, 9.17) is 0 Å². The second kappa shape index (κ2) is 8.52. The number of hydrogen-bond donors (Lipinski definition) is 2. The van der Waals surface area contributed by atoms with Gasteiger partial charge in [-0.2, -0.15) is 0 Å². The van der Waals surface area contributed by atoms with E-state index in [2.05, 4.69) is 18.5 Å². The second-order valence-electron chi connectivity index (χ2n) is 7.50. The molecule has 0 unspecified atom stereocenters. The first-order valence-electron chi connectivity index (χ1n) is 9.41. The van der Waals surface area contributed by atoms with E-state index in [-0.39, 0.29) is 23.7 Å². The molecule has 0 aliphatic heterocycles. The largest absolute Gasteiger partial charge is 0.479 e. The van der Waals surface area contributed by atoms with Crippen molar-refractivity contribution in [2.45, 2.75) is 50.5 Å². The second-order valence-corrected chi connectivity index (χ2v) is 7.50. The standard InChI is InChI=1S/C20H30N2O4/c1-4-6-7-8-12-22(3)18(24)16-11-9-10-15(16)17(23)21-20(19(25)26)13-14(20)5-2/h4-5,14-16H,1-2,6-13H2,3H3,(H,21,23)(H,25,26)/t14-,15-,16-,20-/m1/s1. The van der Waals surface area contributed by atoms with Gasteiger partial charge in [0.05, 0.1) is 0 Å². The molecule has 0 bridgehead atoms. The molecule has 0 spiro atoms. The van der Waals surface area contributed by atoms with E-state index in [0.717, 1.165) is 25.7 Å². The van der Waals surface area contributed by atoms with Crippen molar-refractivity contribution in [1.82, 2.24) is 10.2 Å². The van der Waals surface area contributed by atoms with Crippen LogP contribution in [0.4, 0.5) is 0 Å². The average Bonchev–Trinajstić information content (AvgIpc) is 3.11. The number of rotatable bonds is 10. The number of allylic oxidation sites excluding steroid dienone is 1. The SMILES string of the molecule is C=CCCCCN(C)C(=O)[C@@H]1CCC[C@H]1C(=O)N[C@]1(C(=O)O)C[C@H]1C=C. The van der Waals surface area contributed by atoms with Crippen LogP contribution in [0, 0.1) is 17.8 Å². The minimum atomic E-state index is -1.23. The van der Waals surface area contributed by atoms with E-state index in [0.29, 0.717) is 25.8 Å². The summed E-state index contributed by atoms with van der Waals surface area (Å²) in [6.45, 7) is 7.98. The number of carbonyl (C=O) groups excluding carboxylic acids is 2. The third-order valence-corrected chi connectivity index (χ3v) is 5.73. The third kappa shape index (κ3) is 4.17. The van der Waals surface area contributed by atoms with Gasteiger partial charge in [-0.25, -0.2) is 4.79 Å². The summed E-state index contributed by atoms with van der Waals surface area (Å²) < 4.78 is 0. The zero-order valence-electron chi connectivity index (χ0n) is 15.6. The molecule has 2 aliphatic rings. The van der Waals surface area contributed by atoms with E-state index in [1.54, 1.807) is 18.0 Å². The normalized spacial score (nSPS) is 29.7. The molecule has 0 saturated heterocycles. The lowest BCUT2D eigenvalue weighted by atomic mass is 9.93. The van der Waals surface area contributed by atoms with Crippen LogP contribution in [0.2, 0.25) is 0 Å². The van der Waals surface area contributed by atoms with Crippen LogP contribution >= 0.6 is 0 Å². The maximum atomic E-state index is 12.8. The molecule has 0 heterocycles. The van der Waals surface area contributed by atoms with Gasteiger partial charge in [0.2, 0.25) is 11.8 Å². The molecule has 2 rings (SSSR count). The number of unbranched alkanes of at least 4 members (excludes halogenated alkanes) is 2. The monoisotopic (exact) mass is 362 g/mol. The van der Waals surface area contributed by atoms with Crippen LogP contribution in [-0.2, 0) is 14.4 Å². The van der Waals surface area contributed by atoms with Gasteiger partial charge in [0.1, 0.15) is 5.54 Å². The average molecular weight is 362 g/mol. The van der Waals surface area contributed by atoms with Gasteiger partial charge >= 0.3 is 5.97 Å². The molecule has 2 amide bonds. The van der Waals surface area contributed by atoms with Crippen molar-refractivity contribution in [2.24, 2.45) is 17.8 Å². The van der Waals surface area contributed by atoms with Crippen LogP contribution in [-0.4, -0.2) is 46.9 Å². The van der Waals surface area contributed by atoms with Crippen molar-refractivity contribution in [3.63, 3.8) is 0 Å². The molecule has 0 aromatic rings. The molecule has 0 radical (unpaired) electrons. The van der Waals surface area contributed by atoms with Gasteiger partial charge in [0, 0.05) is 31.3 Å². The first kappa shape index (κ1) is 20.2. The van der Waals surface area contributed by atoms with Crippen molar-refractivity contribution in [3.8, 4) is 0 Å². The van der Waals surface area contributed by atoms with Crippen molar-refractivity contribution in [3.05, 3.63) is 25.3 Å². The van der Waals surface area contributed by atoms with E-state index < -0.39 is 17.4 Å². The summed E-state index contributed by atoms with van der Waals surface area (Å²) >= 11 is 0. The van der Waals surface area contributed by atoms with E-state index in [9.17, 15) is 19.5 Å². The highest BCUT2D eigenvalue weighted by Gasteiger charge is 2.61. The third-order valence-electron chi connectivity index (χ3n) is 5.73. The van der Waals surface area contributed by atoms with Gasteiger partial charge in [-0.15, -0.1) is 13.2 Å². The van der Waals surface area contributed by atoms with Gasteiger partial charge in [-0.05, 0) is 38.5 Å². The molecule has 0 aromatic heterocycles. The van der Waals surface area contributed by atoms with E-state index in [1.807, 2.05) is 6.08 Å². The number of nitrogens with zero attached hydrogens (tertiary/aromatic N) is 1. The molecule has 26 heavy (non-hydrogen) atoms. The van der Waals surface area contributed by atoms with Gasteiger partial charge in [0.15, 0.2) is 0 Å². The highest BCUT2D eigenvalue weighted by atomic mass is 16.4. The predicted octanol–water partition coefficient (Wildman–Crippen LogP) is 2.36. The fourth-order valence-electron chi connectivity index (χ4n) is 3.93. The van der Waals surface area contributed by atoms with Crippen LogP contribution in [0.3, 0.4) is 0 Å². The molecule has 6 nitrogen and oxygen atoms in total. The number of amides is 2. The van der Waals surface area contributed by atoms with Crippen molar-refractivity contribution in [1.29, 1.82) is 0 Å². The molecule has 2 fully saturated rings. The molecule has 4 atom stereocenters. The van der Waals surface area contributed by atoms with Gasteiger partial charge in [0.25, 0.3) is 0 Å². The van der Waals surface area contributed by atoms with Crippen LogP contribution in [0.15, 0.2) is 25.3 Å². The predicted molar refractivity (Wildman–Crippen MR) is 99.3 cm³/mol. The molecule has 2 aliphatic carbocycles. The zero-order chi connectivity index (χ0) is 19.3. The minimum Gasteiger partial charge on any atom is -0.479 e. The summed E-state index contributed by atoms with van der Waals surface area (Å²) in [6, 6.07) is 0. The Morgan fingerprint density at radius 2 is 1.92 bits per heavy atom. The molecule has 0 aromatic carbocycles. The highest BCUT2D eigenvalue weighted by Crippen LogP contribution is 2.45. The lowest BCUT2D eigenvalue weighted by Gasteiger charge is -2.26. The number of carboxylic acids is 1. The topological polar surface area (TPSA) is 86.7 Å². The van der Waals surface area contributed by atoms with E-state index >= 15 is 0 Å². The number of carbonyl (C=O) groups is 3. The smallest absolute Gasteiger partial charge is 0.330 e. The molecule has 2 saturated carbocycles. The first-order chi connectivity index (χ1) is 12.4. The Balaban J connectivity index is 1.95. The summed E-state index contributed by atoms with van der Waals surface area (Å²) in [4.78, 5) is 38.7. The fourth-order valence-corrected chi connectivity index (χ4v) is 3.93. The summed E-state index contributed by atoms with van der Waals surface area (Å²) in [7, 11) is 1.77. The molecule has 6 heteroatoms. The Labute approximate surface area is 155 Å². The van der Waals surface area contributed by atoms with Crippen molar-refractivity contribution >= 4 is 17.8 Å². The summed E-state index contributed by atoms with van der Waals surface area (Å²) in [5.74, 6) is -2.40. The Morgan fingerprint density at radius 1 is 1.23 bits per heavy atom. The Hall–Kier alpha value is -2.11. The van der Waals surface area contributed by atoms with Crippen LogP contribution in [0.5, 0.6) is 0 Å². The number of aliphatic carboxylic acids is 1. The molecule has 2 N–H and O–H groups in total. The summed E-state index contributed by atoms with van der Waals surface area (Å²) in [5.41, 5.74) is -1.23. The molecular formula is C20H30N2O4. The number of carboxylic acid groups (broad SMARTS) is 1. The van der Waals surface area contributed by atoms with E-state index in [1.165, 1.54) is 0 Å². The highest BCUT2D eigenvalue weighted by molar-refractivity contribution is 5.94. The Bertz CT molecular complexity index is 588. The fraction of sp³-hybridized carbons (Fsp3) is 0.650. The van der Waals surface area contributed by atoms with Gasteiger partial charge in [-0.3, -0.25) is 9.59 Å². The molecule has 144 valence electrons. The van der Waals surface area contributed by atoms with Crippen molar-refractivity contribution < 1.29 is 19.5 Å². The van der Waals surface area contributed by atoms with Crippen LogP contribution in [0.1, 0.15) is 44.9 Å². The maximum Gasteiger partial charge on any atom is 0.330 e. The lowest BCUT2D eigenvalue weighted by Crippen LogP contribution is -2.49. The number of nitrogens with one attached hydrogen (secondary N) is 1. The lowest BCUT2D eigenvalue weighted by molar-refractivity contribution is -0.145.